The van der Waals surface area contributed by atoms with Gasteiger partial charge >= 0.3 is 6.09 Å². The fourth-order valence-electron chi connectivity index (χ4n) is 1.29. The van der Waals surface area contributed by atoms with Gasteiger partial charge in [0.2, 0.25) is 0 Å². The SMILES string of the molecule is Cc1nc(CN)ncc1CNC(=O)OC(C)(C)C. The quantitative estimate of drug-likeness (QED) is 0.845. The van der Waals surface area contributed by atoms with Crippen molar-refractivity contribution in [3.05, 3.63) is 23.3 Å². The number of nitrogens with one attached hydrogen (secondary N) is 1. The summed E-state index contributed by atoms with van der Waals surface area (Å²) in [7, 11) is 0. The first-order chi connectivity index (χ1) is 8.31. The van der Waals surface area contributed by atoms with Gasteiger partial charge in [-0.15, -0.1) is 0 Å². The number of rotatable bonds is 3. The Hall–Kier alpha value is -1.69. The predicted molar refractivity (Wildman–Crippen MR) is 67.7 cm³/mol. The molecular formula is C12H20N4O2. The average Bonchev–Trinajstić information content (AvgIpc) is 2.25. The zero-order chi connectivity index (χ0) is 13.8. The third-order valence-corrected chi connectivity index (χ3v) is 2.14. The van der Waals surface area contributed by atoms with Crippen LogP contribution in [0.15, 0.2) is 6.20 Å². The van der Waals surface area contributed by atoms with Crippen LogP contribution >= 0.6 is 0 Å². The highest BCUT2D eigenvalue weighted by atomic mass is 16.6. The molecule has 0 fully saturated rings. The van der Waals surface area contributed by atoms with Crippen molar-refractivity contribution in [2.45, 2.75) is 46.4 Å². The van der Waals surface area contributed by atoms with Crippen molar-refractivity contribution in [3.8, 4) is 0 Å². The molecule has 6 nitrogen and oxygen atoms in total. The highest BCUT2D eigenvalue weighted by molar-refractivity contribution is 5.67. The van der Waals surface area contributed by atoms with Crippen molar-refractivity contribution < 1.29 is 9.53 Å². The molecule has 0 aliphatic rings. The molecule has 1 heterocycles. The Bertz CT molecular complexity index is 427. The number of amides is 1. The van der Waals surface area contributed by atoms with Crippen molar-refractivity contribution in [3.63, 3.8) is 0 Å². The molecule has 0 aliphatic heterocycles. The number of alkyl carbamates (subject to hydrolysis) is 1. The van der Waals surface area contributed by atoms with Gasteiger partial charge in [0.05, 0.1) is 6.54 Å². The molecule has 0 saturated heterocycles. The lowest BCUT2D eigenvalue weighted by atomic mass is 10.2. The fraction of sp³-hybridized carbons (Fsp3) is 0.583. The molecule has 1 aromatic heterocycles. The van der Waals surface area contributed by atoms with E-state index < -0.39 is 11.7 Å². The second-order valence-electron chi connectivity index (χ2n) is 4.96. The minimum absolute atomic E-state index is 0.306. The first-order valence-electron chi connectivity index (χ1n) is 5.80. The lowest BCUT2D eigenvalue weighted by Gasteiger charge is -2.19. The summed E-state index contributed by atoms with van der Waals surface area (Å²) < 4.78 is 5.13. The van der Waals surface area contributed by atoms with Crippen LogP contribution in [0.5, 0.6) is 0 Å². The first kappa shape index (κ1) is 14.4. The van der Waals surface area contributed by atoms with Gasteiger partial charge in [-0.05, 0) is 27.7 Å². The third kappa shape index (κ3) is 4.67. The van der Waals surface area contributed by atoms with Gasteiger partial charge in [0.1, 0.15) is 11.4 Å². The predicted octanol–water partition coefficient (Wildman–Crippen LogP) is 1.27. The zero-order valence-corrected chi connectivity index (χ0v) is 11.3. The molecule has 1 rings (SSSR count). The molecular weight excluding hydrogens is 232 g/mol. The standard InChI is InChI=1S/C12H20N4O2/c1-8-9(6-14-10(5-13)16-8)7-15-11(17)18-12(2,3)4/h6H,5,7,13H2,1-4H3,(H,15,17). The van der Waals surface area contributed by atoms with Crippen LogP contribution in [-0.2, 0) is 17.8 Å². The van der Waals surface area contributed by atoms with Crippen LogP contribution in [0.3, 0.4) is 0 Å². The lowest BCUT2D eigenvalue weighted by Crippen LogP contribution is -2.32. The highest BCUT2D eigenvalue weighted by Crippen LogP contribution is 2.08. The molecule has 18 heavy (non-hydrogen) atoms. The first-order valence-corrected chi connectivity index (χ1v) is 5.80. The molecule has 1 amide bonds. The molecule has 0 saturated carbocycles. The summed E-state index contributed by atoms with van der Waals surface area (Å²) in [4.78, 5) is 19.8. The maximum absolute atomic E-state index is 11.5. The second kappa shape index (κ2) is 5.77. The Balaban J connectivity index is 2.56. The van der Waals surface area contributed by atoms with Crippen molar-refractivity contribution >= 4 is 6.09 Å². The van der Waals surface area contributed by atoms with E-state index in [1.165, 1.54) is 0 Å². The Morgan fingerprint density at radius 1 is 1.50 bits per heavy atom. The average molecular weight is 252 g/mol. The molecule has 6 heteroatoms. The monoisotopic (exact) mass is 252 g/mol. The topological polar surface area (TPSA) is 90.1 Å². The van der Waals surface area contributed by atoms with E-state index in [-0.39, 0.29) is 0 Å². The normalized spacial score (nSPS) is 11.2. The molecule has 100 valence electrons. The molecule has 0 atom stereocenters. The van der Waals surface area contributed by atoms with Gasteiger partial charge in [-0.2, -0.15) is 0 Å². The molecule has 3 N–H and O–H groups in total. The van der Waals surface area contributed by atoms with Gasteiger partial charge in [0.25, 0.3) is 0 Å². The van der Waals surface area contributed by atoms with Crippen molar-refractivity contribution in [2.75, 3.05) is 0 Å². The number of nitrogens with zero attached hydrogens (tertiary/aromatic N) is 2. The molecule has 0 aromatic carbocycles. The van der Waals surface area contributed by atoms with Gasteiger partial charge in [-0.25, -0.2) is 14.8 Å². The van der Waals surface area contributed by atoms with Crippen LogP contribution in [-0.4, -0.2) is 21.7 Å². The summed E-state index contributed by atoms with van der Waals surface area (Å²) in [5.41, 5.74) is 6.60. The summed E-state index contributed by atoms with van der Waals surface area (Å²) in [6.45, 7) is 7.95. The Labute approximate surface area is 107 Å². The molecule has 0 unspecified atom stereocenters. The number of hydrogen-bond donors (Lipinski definition) is 2. The molecule has 0 radical (unpaired) electrons. The fourth-order valence-corrected chi connectivity index (χ4v) is 1.29. The van der Waals surface area contributed by atoms with Crippen molar-refractivity contribution in [1.29, 1.82) is 0 Å². The number of carbonyl (C=O) groups excluding carboxylic acids is 1. The third-order valence-electron chi connectivity index (χ3n) is 2.14. The minimum atomic E-state index is -0.501. The molecule has 1 aromatic rings. The van der Waals surface area contributed by atoms with E-state index >= 15 is 0 Å². The minimum Gasteiger partial charge on any atom is -0.444 e. The van der Waals surface area contributed by atoms with E-state index in [9.17, 15) is 4.79 Å². The van der Waals surface area contributed by atoms with E-state index in [4.69, 9.17) is 10.5 Å². The van der Waals surface area contributed by atoms with E-state index in [0.717, 1.165) is 11.3 Å². The van der Waals surface area contributed by atoms with Crippen LogP contribution in [0, 0.1) is 6.92 Å². The van der Waals surface area contributed by atoms with Crippen molar-refractivity contribution in [1.82, 2.24) is 15.3 Å². The number of aromatic nitrogens is 2. The van der Waals surface area contributed by atoms with Gasteiger partial charge < -0.3 is 15.8 Å². The summed E-state index contributed by atoms with van der Waals surface area (Å²) >= 11 is 0. The number of carbonyl (C=O) groups is 1. The Kier molecular flexibility index (Phi) is 4.61. The maximum atomic E-state index is 11.5. The number of aryl methyl sites for hydroxylation is 1. The van der Waals surface area contributed by atoms with Gasteiger partial charge in [-0.3, -0.25) is 0 Å². The number of hydrogen-bond acceptors (Lipinski definition) is 5. The molecule has 0 spiro atoms. The summed E-state index contributed by atoms with van der Waals surface area (Å²) in [6, 6.07) is 0. The van der Waals surface area contributed by atoms with Crippen LogP contribution < -0.4 is 11.1 Å². The van der Waals surface area contributed by atoms with Crippen LogP contribution in [0.2, 0.25) is 0 Å². The van der Waals surface area contributed by atoms with E-state index in [2.05, 4.69) is 15.3 Å². The number of nitrogens with two attached hydrogens (primary N) is 1. The summed E-state index contributed by atoms with van der Waals surface area (Å²) in [5, 5.41) is 2.66. The highest BCUT2D eigenvalue weighted by Gasteiger charge is 2.16. The van der Waals surface area contributed by atoms with Crippen LogP contribution in [0.4, 0.5) is 4.79 Å². The Morgan fingerprint density at radius 2 is 2.17 bits per heavy atom. The second-order valence-corrected chi connectivity index (χ2v) is 4.96. The molecule has 0 aliphatic carbocycles. The summed E-state index contributed by atoms with van der Waals surface area (Å²) in [5.74, 6) is 0.591. The van der Waals surface area contributed by atoms with Crippen LogP contribution in [0.25, 0.3) is 0 Å². The number of ether oxygens (including phenoxy) is 1. The zero-order valence-electron chi connectivity index (χ0n) is 11.3. The summed E-state index contributed by atoms with van der Waals surface area (Å²) in [6.07, 6.45) is 1.21. The van der Waals surface area contributed by atoms with Crippen molar-refractivity contribution in [2.24, 2.45) is 5.73 Å². The lowest BCUT2D eigenvalue weighted by molar-refractivity contribution is 0.0523. The van der Waals surface area contributed by atoms with E-state index in [1.807, 2.05) is 27.7 Å². The van der Waals surface area contributed by atoms with Gasteiger partial charge in [0.15, 0.2) is 0 Å². The van der Waals surface area contributed by atoms with Gasteiger partial charge in [-0.1, -0.05) is 0 Å². The largest absolute Gasteiger partial charge is 0.444 e. The van der Waals surface area contributed by atoms with E-state index in [0.29, 0.717) is 18.9 Å². The van der Waals surface area contributed by atoms with Gasteiger partial charge in [0, 0.05) is 24.0 Å². The smallest absolute Gasteiger partial charge is 0.407 e. The molecule has 0 bridgehead atoms. The Morgan fingerprint density at radius 3 is 2.67 bits per heavy atom. The van der Waals surface area contributed by atoms with E-state index in [1.54, 1.807) is 6.20 Å². The van der Waals surface area contributed by atoms with Crippen LogP contribution in [0.1, 0.15) is 37.9 Å². The maximum Gasteiger partial charge on any atom is 0.407 e.